The number of hydrogen-bond donors (Lipinski definition) is 0. The third kappa shape index (κ3) is 3.87. The molecule has 0 bridgehead atoms. The predicted molar refractivity (Wildman–Crippen MR) is 164 cm³/mol. The van der Waals surface area contributed by atoms with E-state index >= 15 is 0 Å². The lowest BCUT2D eigenvalue weighted by Crippen LogP contribution is -2.30. The van der Waals surface area contributed by atoms with Gasteiger partial charge in [-0.3, -0.25) is 0 Å². The van der Waals surface area contributed by atoms with Crippen molar-refractivity contribution in [3.8, 4) is 17.9 Å². The van der Waals surface area contributed by atoms with E-state index in [-0.39, 0.29) is 23.9 Å². The van der Waals surface area contributed by atoms with Gasteiger partial charge in [-0.05, 0) is 79.2 Å². The minimum absolute atomic E-state index is 0.00905. The van der Waals surface area contributed by atoms with Crippen molar-refractivity contribution >= 4 is 22.6 Å². The molecule has 204 valence electrons. The average molecular weight is 547 g/mol. The highest BCUT2D eigenvalue weighted by Crippen LogP contribution is 2.52. The van der Waals surface area contributed by atoms with E-state index in [0.29, 0.717) is 17.9 Å². The summed E-state index contributed by atoms with van der Waals surface area (Å²) in [6, 6.07) is 27.7. The summed E-state index contributed by atoms with van der Waals surface area (Å²) in [6.45, 7) is 0. The Morgan fingerprint density at radius 1 is 0.833 bits per heavy atom. The van der Waals surface area contributed by atoms with E-state index in [1.807, 2.05) is 30.3 Å². The van der Waals surface area contributed by atoms with Gasteiger partial charge in [0.1, 0.15) is 23.2 Å². The van der Waals surface area contributed by atoms with Gasteiger partial charge in [0, 0.05) is 34.3 Å². The standard InChI is InChI=1S/C38H30N2O2/c39-21-24-8-1-2-9-26(24)32-19-25(27-12-7-15-36-38(27)30-11-4-6-14-35(30)41-36)18-31(33(32)22-40)23-16-17-29-28-10-3-5-13-34(28)42-37(29)20-23/h1-3,5-10,12-15,18,20,29,31-33,37H,4,11,16-17,19H2. The minimum Gasteiger partial charge on any atom is -0.485 e. The highest BCUT2D eigenvalue weighted by Gasteiger charge is 2.42. The molecule has 0 spiro atoms. The first-order valence-electron chi connectivity index (χ1n) is 15.0. The fourth-order valence-corrected chi connectivity index (χ4v) is 7.90. The summed E-state index contributed by atoms with van der Waals surface area (Å²) in [5.41, 5.74) is 8.78. The normalized spacial score (nSPS) is 25.7. The summed E-state index contributed by atoms with van der Waals surface area (Å²) in [7, 11) is 0. The molecule has 1 aromatic heterocycles. The van der Waals surface area contributed by atoms with Crippen molar-refractivity contribution in [2.45, 2.75) is 50.0 Å². The third-order valence-electron chi connectivity index (χ3n) is 9.82. The number of rotatable bonds is 3. The van der Waals surface area contributed by atoms with Crippen LogP contribution in [0.15, 0.2) is 94.9 Å². The molecule has 5 unspecified atom stereocenters. The van der Waals surface area contributed by atoms with E-state index in [1.165, 1.54) is 33.2 Å². The lowest BCUT2D eigenvalue weighted by Gasteiger charge is -2.37. The second-order valence-corrected chi connectivity index (χ2v) is 12.0. The van der Waals surface area contributed by atoms with Gasteiger partial charge in [-0.2, -0.15) is 10.5 Å². The Balaban J connectivity index is 1.28. The first-order valence-corrected chi connectivity index (χ1v) is 15.0. The Morgan fingerprint density at radius 2 is 1.69 bits per heavy atom. The fraction of sp³-hybridized carbons (Fsp3) is 0.263. The molecule has 42 heavy (non-hydrogen) atoms. The molecule has 0 radical (unpaired) electrons. The molecule has 0 fully saturated rings. The van der Waals surface area contributed by atoms with E-state index in [9.17, 15) is 10.5 Å². The second-order valence-electron chi connectivity index (χ2n) is 12.0. The van der Waals surface area contributed by atoms with E-state index < -0.39 is 0 Å². The second kappa shape index (κ2) is 9.93. The summed E-state index contributed by atoms with van der Waals surface area (Å²) in [5, 5.41) is 22.0. The molecule has 0 amide bonds. The van der Waals surface area contributed by atoms with Crippen LogP contribution in [0, 0.1) is 34.5 Å². The van der Waals surface area contributed by atoms with Crippen LogP contribution in [-0.4, -0.2) is 6.10 Å². The minimum atomic E-state index is -0.282. The number of allylic oxidation sites excluding steroid dienone is 4. The number of nitriles is 2. The van der Waals surface area contributed by atoms with Gasteiger partial charge in [-0.25, -0.2) is 0 Å². The fourth-order valence-electron chi connectivity index (χ4n) is 7.90. The Kier molecular flexibility index (Phi) is 5.90. The Labute approximate surface area is 245 Å². The van der Waals surface area contributed by atoms with Gasteiger partial charge < -0.3 is 9.15 Å². The van der Waals surface area contributed by atoms with Crippen molar-refractivity contribution in [1.82, 2.24) is 0 Å². The van der Waals surface area contributed by atoms with E-state index in [4.69, 9.17) is 9.15 Å². The van der Waals surface area contributed by atoms with Crippen molar-refractivity contribution in [3.05, 3.63) is 124 Å². The SMILES string of the molecule is N#Cc1ccccc1C1CC(c2cccc3oc4c(c23)CCC=C4)=CC(C2=CC3Oc4ccccc4C3CC2)C1C#N. The predicted octanol–water partition coefficient (Wildman–Crippen LogP) is 8.86. The lowest BCUT2D eigenvalue weighted by atomic mass is 9.65. The maximum Gasteiger partial charge on any atom is 0.135 e. The topological polar surface area (TPSA) is 69.9 Å². The van der Waals surface area contributed by atoms with Crippen LogP contribution in [0.3, 0.4) is 0 Å². The highest BCUT2D eigenvalue weighted by atomic mass is 16.5. The summed E-state index contributed by atoms with van der Waals surface area (Å²) < 4.78 is 12.7. The third-order valence-corrected chi connectivity index (χ3v) is 9.82. The first-order chi connectivity index (χ1) is 20.7. The van der Waals surface area contributed by atoms with Gasteiger partial charge >= 0.3 is 0 Å². The van der Waals surface area contributed by atoms with Crippen molar-refractivity contribution in [1.29, 1.82) is 10.5 Å². The molecule has 4 nitrogen and oxygen atoms in total. The molecule has 8 rings (SSSR count). The van der Waals surface area contributed by atoms with Crippen molar-refractivity contribution in [3.63, 3.8) is 0 Å². The van der Waals surface area contributed by atoms with Crippen LogP contribution >= 0.6 is 0 Å². The summed E-state index contributed by atoms with van der Waals surface area (Å²) in [6.07, 6.45) is 13.5. The smallest absolute Gasteiger partial charge is 0.135 e. The molecule has 1 aliphatic heterocycles. The Bertz CT molecular complexity index is 1910. The van der Waals surface area contributed by atoms with Gasteiger partial charge in [-0.1, -0.05) is 66.3 Å². The number of fused-ring (bicyclic) bond motifs is 6. The zero-order valence-electron chi connectivity index (χ0n) is 23.3. The average Bonchev–Trinajstić information content (AvgIpc) is 3.62. The number of hydrogen-bond acceptors (Lipinski definition) is 4. The molecule has 0 N–H and O–H groups in total. The molecule has 0 saturated heterocycles. The zero-order valence-corrected chi connectivity index (χ0v) is 23.3. The molecular weight excluding hydrogens is 516 g/mol. The maximum absolute atomic E-state index is 10.7. The van der Waals surface area contributed by atoms with Crippen LogP contribution in [0.4, 0.5) is 0 Å². The molecule has 5 atom stereocenters. The number of ether oxygens (including phenoxy) is 1. The zero-order chi connectivity index (χ0) is 28.2. The molecule has 2 heterocycles. The van der Waals surface area contributed by atoms with Gasteiger partial charge in [0.2, 0.25) is 0 Å². The van der Waals surface area contributed by atoms with Crippen molar-refractivity contribution in [2.75, 3.05) is 0 Å². The molecule has 3 aliphatic carbocycles. The summed E-state index contributed by atoms with van der Waals surface area (Å²) in [4.78, 5) is 0. The van der Waals surface area contributed by atoms with Gasteiger partial charge in [0.25, 0.3) is 0 Å². The van der Waals surface area contributed by atoms with Crippen LogP contribution in [0.25, 0.3) is 22.6 Å². The molecule has 0 saturated carbocycles. The molecule has 4 heteroatoms. The monoisotopic (exact) mass is 546 g/mol. The maximum atomic E-state index is 10.7. The lowest BCUT2D eigenvalue weighted by molar-refractivity contribution is 0.236. The van der Waals surface area contributed by atoms with Gasteiger partial charge in [-0.15, -0.1) is 0 Å². The van der Waals surface area contributed by atoms with Gasteiger partial charge in [0.05, 0.1) is 23.6 Å². The van der Waals surface area contributed by atoms with Crippen LogP contribution < -0.4 is 4.74 Å². The molecule has 4 aromatic rings. The van der Waals surface area contributed by atoms with E-state index in [1.54, 1.807) is 0 Å². The number of furan rings is 1. The number of para-hydroxylation sites is 1. The van der Waals surface area contributed by atoms with Crippen molar-refractivity contribution < 1.29 is 9.15 Å². The Hall–Kier alpha value is -4.80. The summed E-state index contributed by atoms with van der Waals surface area (Å²) in [5.74, 6) is 1.84. The molecule has 3 aromatic carbocycles. The quantitative estimate of drug-likeness (QED) is 0.241. The molecular formula is C38H30N2O2. The number of benzene rings is 3. The van der Waals surface area contributed by atoms with Crippen LogP contribution in [-0.2, 0) is 6.42 Å². The van der Waals surface area contributed by atoms with Crippen molar-refractivity contribution in [2.24, 2.45) is 11.8 Å². The van der Waals surface area contributed by atoms with Gasteiger partial charge in [0.15, 0.2) is 0 Å². The molecule has 4 aliphatic rings. The summed E-state index contributed by atoms with van der Waals surface area (Å²) >= 11 is 0. The first kappa shape index (κ1) is 25.0. The van der Waals surface area contributed by atoms with Crippen LogP contribution in [0.1, 0.15) is 71.1 Å². The number of nitrogens with zero attached hydrogens (tertiary/aromatic N) is 2. The Morgan fingerprint density at radius 3 is 2.57 bits per heavy atom. The van der Waals surface area contributed by atoms with E-state index in [2.05, 4.69) is 72.8 Å². The highest BCUT2D eigenvalue weighted by molar-refractivity contribution is 5.96. The largest absolute Gasteiger partial charge is 0.485 e. The number of aryl methyl sites for hydroxylation is 1. The van der Waals surface area contributed by atoms with E-state index in [0.717, 1.165) is 48.3 Å². The van der Waals surface area contributed by atoms with Crippen LogP contribution in [0.5, 0.6) is 5.75 Å². The van der Waals surface area contributed by atoms with Crippen LogP contribution in [0.2, 0.25) is 0 Å².